The number of rotatable bonds is 5. The molecule has 0 aliphatic heterocycles. The minimum atomic E-state index is -0.0857. The molecule has 0 aromatic heterocycles. The van der Waals surface area contributed by atoms with Crippen molar-refractivity contribution in [1.82, 2.24) is 0 Å². The second kappa shape index (κ2) is 7.10. The van der Waals surface area contributed by atoms with Crippen LogP contribution in [-0.2, 0) is 0 Å². The van der Waals surface area contributed by atoms with Gasteiger partial charge in [0.05, 0.1) is 9.52 Å². The Morgan fingerprint density at radius 2 is 1.09 bits per heavy atom. The van der Waals surface area contributed by atoms with Gasteiger partial charge in [0.25, 0.3) is 0 Å². The number of para-hydroxylation sites is 2. The van der Waals surface area contributed by atoms with Gasteiger partial charge in [0.1, 0.15) is 0 Å². The van der Waals surface area contributed by atoms with E-state index in [1.807, 2.05) is 0 Å². The van der Waals surface area contributed by atoms with Crippen LogP contribution >= 0.6 is 0 Å². The number of nitrogens with zero attached hydrogens (tertiary/aromatic N) is 1. The van der Waals surface area contributed by atoms with Crippen LogP contribution in [0.4, 0.5) is 17.1 Å². The van der Waals surface area contributed by atoms with Gasteiger partial charge in [-0.3, -0.25) is 0 Å². The van der Waals surface area contributed by atoms with Crippen LogP contribution in [-0.4, -0.2) is 9.52 Å². The molecule has 0 unspecified atom stereocenters. The van der Waals surface area contributed by atoms with Crippen molar-refractivity contribution >= 4 is 31.8 Å². The lowest BCUT2D eigenvalue weighted by molar-refractivity contribution is 1.28. The fourth-order valence-electron chi connectivity index (χ4n) is 2.70. The molecule has 0 spiro atoms. The monoisotopic (exact) mass is 303 g/mol. The number of hydrogen-bond acceptors (Lipinski definition) is 1. The van der Waals surface area contributed by atoms with E-state index in [-0.39, 0.29) is 9.52 Å². The fourth-order valence-corrected chi connectivity index (χ4v) is 3.85. The van der Waals surface area contributed by atoms with Crippen LogP contribution in [0.15, 0.2) is 84.9 Å². The molecule has 0 amide bonds. The number of benzene rings is 3. The summed E-state index contributed by atoms with van der Waals surface area (Å²) < 4.78 is 0. The highest BCUT2D eigenvalue weighted by atomic mass is 28.2. The molecule has 0 saturated heterocycles. The maximum atomic E-state index is 2.30. The van der Waals surface area contributed by atoms with Crippen LogP contribution in [0.25, 0.3) is 0 Å². The third-order valence-electron chi connectivity index (χ3n) is 3.76. The minimum Gasteiger partial charge on any atom is -0.311 e. The molecular formula is C20H21NSi. The normalized spacial score (nSPS) is 11.0. The van der Waals surface area contributed by atoms with Crippen molar-refractivity contribution in [3.63, 3.8) is 0 Å². The lowest BCUT2D eigenvalue weighted by Gasteiger charge is -2.25. The van der Waals surface area contributed by atoms with Gasteiger partial charge in [-0.2, -0.15) is 0 Å². The summed E-state index contributed by atoms with van der Waals surface area (Å²) in [6.07, 6.45) is 0. The van der Waals surface area contributed by atoms with Gasteiger partial charge in [-0.25, -0.2) is 0 Å². The first-order valence-electron chi connectivity index (χ1n) is 7.87. The van der Waals surface area contributed by atoms with Crippen molar-refractivity contribution in [3.05, 3.63) is 84.9 Å². The Hall–Kier alpha value is -2.32. The maximum Gasteiger partial charge on any atom is 0.0544 e. The molecule has 0 N–H and O–H groups in total. The quantitative estimate of drug-likeness (QED) is 0.632. The highest BCUT2D eigenvalue weighted by Crippen LogP contribution is 2.33. The summed E-state index contributed by atoms with van der Waals surface area (Å²) in [7, 11) is -0.0857. The van der Waals surface area contributed by atoms with Crippen molar-refractivity contribution in [2.24, 2.45) is 0 Å². The average Bonchev–Trinajstić information content (AvgIpc) is 2.59. The second-order valence-corrected chi connectivity index (χ2v) is 7.74. The van der Waals surface area contributed by atoms with Crippen LogP contribution in [0.1, 0.15) is 6.92 Å². The van der Waals surface area contributed by atoms with E-state index in [0.717, 1.165) is 0 Å². The lowest BCUT2D eigenvalue weighted by Crippen LogP contribution is -2.14. The Balaban J connectivity index is 2.02. The largest absolute Gasteiger partial charge is 0.311 e. The lowest BCUT2D eigenvalue weighted by atomic mass is 10.2. The topological polar surface area (TPSA) is 3.24 Å². The maximum absolute atomic E-state index is 2.30. The van der Waals surface area contributed by atoms with Crippen molar-refractivity contribution in [2.75, 3.05) is 4.90 Å². The molecule has 0 aliphatic rings. The molecule has 0 atom stereocenters. The third-order valence-corrected chi connectivity index (χ3v) is 5.31. The van der Waals surface area contributed by atoms with Crippen molar-refractivity contribution in [1.29, 1.82) is 0 Å². The smallest absolute Gasteiger partial charge is 0.0544 e. The average molecular weight is 303 g/mol. The molecule has 0 fully saturated rings. The zero-order chi connectivity index (χ0) is 15.2. The molecule has 0 saturated carbocycles. The van der Waals surface area contributed by atoms with E-state index in [4.69, 9.17) is 0 Å². The molecule has 0 heterocycles. The predicted molar refractivity (Wildman–Crippen MR) is 99.8 cm³/mol. The molecule has 0 bridgehead atoms. The summed E-state index contributed by atoms with van der Waals surface area (Å²) in [6, 6.07) is 31.5. The molecule has 2 heteroatoms. The standard InChI is InChI=1S/C20H21NSi/c1-2-22-20-15-13-19(14-16-20)21(17-9-5-3-6-10-17)18-11-7-4-8-12-18/h3-16H,2,22H2,1H3. The first kappa shape index (κ1) is 14.6. The van der Waals surface area contributed by atoms with Gasteiger partial charge in [0.15, 0.2) is 0 Å². The van der Waals surface area contributed by atoms with Crippen LogP contribution in [0, 0.1) is 0 Å². The molecule has 0 aliphatic carbocycles. The summed E-state index contributed by atoms with van der Waals surface area (Å²) in [4.78, 5) is 2.30. The minimum absolute atomic E-state index is 0.0857. The number of hydrogen-bond donors (Lipinski definition) is 0. The van der Waals surface area contributed by atoms with Crippen molar-refractivity contribution in [3.8, 4) is 0 Å². The van der Waals surface area contributed by atoms with E-state index in [0.29, 0.717) is 0 Å². The van der Waals surface area contributed by atoms with Gasteiger partial charge in [-0.05, 0) is 36.4 Å². The molecule has 110 valence electrons. The van der Waals surface area contributed by atoms with Gasteiger partial charge < -0.3 is 4.90 Å². The zero-order valence-corrected chi connectivity index (χ0v) is 14.4. The van der Waals surface area contributed by atoms with Gasteiger partial charge >= 0.3 is 0 Å². The first-order chi connectivity index (χ1) is 10.9. The second-order valence-electron chi connectivity index (χ2n) is 5.42. The highest BCUT2D eigenvalue weighted by molar-refractivity contribution is 6.53. The molecule has 3 aromatic rings. The van der Waals surface area contributed by atoms with Gasteiger partial charge in [0.2, 0.25) is 0 Å². The molecule has 22 heavy (non-hydrogen) atoms. The van der Waals surface area contributed by atoms with E-state index in [1.54, 1.807) is 0 Å². The van der Waals surface area contributed by atoms with E-state index in [1.165, 1.54) is 28.3 Å². The van der Waals surface area contributed by atoms with Gasteiger partial charge in [0, 0.05) is 17.1 Å². The molecule has 3 rings (SSSR count). The first-order valence-corrected chi connectivity index (χ1v) is 9.58. The highest BCUT2D eigenvalue weighted by Gasteiger charge is 2.11. The summed E-state index contributed by atoms with van der Waals surface area (Å²) in [5.41, 5.74) is 3.59. The van der Waals surface area contributed by atoms with E-state index in [2.05, 4.69) is 96.8 Å². The van der Waals surface area contributed by atoms with Crippen molar-refractivity contribution < 1.29 is 0 Å². The Kier molecular flexibility index (Phi) is 4.71. The predicted octanol–water partition coefficient (Wildman–Crippen LogP) is 4.39. The van der Waals surface area contributed by atoms with Crippen LogP contribution in [0.3, 0.4) is 0 Å². The molecular weight excluding hydrogens is 282 g/mol. The SMILES string of the molecule is CC[SiH2]c1ccc(N(c2ccccc2)c2ccccc2)cc1. The zero-order valence-electron chi connectivity index (χ0n) is 12.9. The Morgan fingerprint density at radius 1 is 0.636 bits per heavy atom. The summed E-state index contributed by atoms with van der Waals surface area (Å²) in [6.45, 7) is 2.28. The van der Waals surface area contributed by atoms with Crippen molar-refractivity contribution in [2.45, 2.75) is 13.0 Å². The number of anilines is 3. The third kappa shape index (κ3) is 3.29. The van der Waals surface area contributed by atoms with E-state index >= 15 is 0 Å². The van der Waals surface area contributed by atoms with Gasteiger partial charge in [-0.15, -0.1) is 0 Å². The van der Waals surface area contributed by atoms with Gasteiger partial charge in [-0.1, -0.05) is 66.7 Å². The Labute approximate surface area is 135 Å². The molecule has 1 nitrogen and oxygen atoms in total. The summed E-state index contributed by atoms with van der Waals surface area (Å²) >= 11 is 0. The summed E-state index contributed by atoms with van der Waals surface area (Å²) in [5, 5.41) is 1.53. The van der Waals surface area contributed by atoms with Crippen LogP contribution in [0.2, 0.25) is 6.04 Å². The Morgan fingerprint density at radius 3 is 1.55 bits per heavy atom. The molecule has 0 radical (unpaired) electrons. The molecule has 3 aromatic carbocycles. The van der Waals surface area contributed by atoms with Crippen LogP contribution in [0.5, 0.6) is 0 Å². The van der Waals surface area contributed by atoms with E-state index < -0.39 is 0 Å². The fraction of sp³-hybridized carbons (Fsp3) is 0.100. The van der Waals surface area contributed by atoms with E-state index in [9.17, 15) is 0 Å². The van der Waals surface area contributed by atoms with Crippen LogP contribution < -0.4 is 10.1 Å². The summed E-state index contributed by atoms with van der Waals surface area (Å²) in [5.74, 6) is 0. The Bertz CT molecular complexity index is 653.